The summed E-state index contributed by atoms with van der Waals surface area (Å²) in [5, 5.41) is 3.04. The van der Waals surface area contributed by atoms with Gasteiger partial charge in [-0.2, -0.15) is 0 Å². The van der Waals surface area contributed by atoms with E-state index < -0.39 is 0 Å². The van der Waals surface area contributed by atoms with Crippen LogP contribution in [0.5, 0.6) is 0 Å². The third kappa shape index (κ3) is 5.70. The van der Waals surface area contributed by atoms with Crippen molar-refractivity contribution < 1.29 is 0 Å². The summed E-state index contributed by atoms with van der Waals surface area (Å²) in [5.74, 6) is 0. The van der Waals surface area contributed by atoms with Gasteiger partial charge in [0.15, 0.2) is 0 Å². The average Bonchev–Trinajstić information content (AvgIpc) is 1.61. The van der Waals surface area contributed by atoms with Crippen molar-refractivity contribution in [2.75, 3.05) is 13.1 Å². The molecule has 0 aromatic heterocycles. The summed E-state index contributed by atoms with van der Waals surface area (Å²) in [5.41, 5.74) is 1.16. The first-order valence-electron chi connectivity index (χ1n) is 2.41. The molecule has 1 N–H and O–H groups in total. The highest BCUT2D eigenvalue weighted by molar-refractivity contribution is 4.90. The molecule has 0 aromatic rings. The van der Waals surface area contributed by atoms with Crippen LogP contribution < -0.4 is 5.32 Å². The van der Waals surface area contributed by atoms with E-state index in [9.17, 15) is 0 Å². The topological polar surface area (TPSA) is 12.0 Å². The van der Waals surface area contributed by atoms with Gasteiger partial charge in [-0.1, -0.05) is 12.2 Å². The molecule has 0 spiro atoms. The number of rotatable bonds is 3. The molecule has 41 valence electrons. The van der Waals surface area contributed by atoms with Gasteiger partial charge in [-0.25, -0.2) is 0 Å². The molecular formula is C6H12N. The molecule has 7 heavy (non-hydrogen) atoms. The zero-order chi connectivity index (χ0) is 5.70. The van der Waals surface area contributed by atoms with Crippen molar-refractivity contribution in [2.45, 2.75) is 6.92 Å². The molecule has 0 aliphatic heterocycles. The Kier molecular flexibility index (Phi) is 3.71. The fourth-order valence-electron chi connectivity index (χ4n) is 0.302. The maximum atomic E-state index is 3.70. The van der Waals surface area contributed by atoms with Gasteiger partial charge in [-0.05, 0) is 20.4 Å². The second kappa shape index (κ2) is 3.88. The van der Waals surface area contributed by atoms with Crippen molar-refractivity contribution >= 4 is 0 Å². The predicted molar refractivity (Wildman–Crippen MR) is 33.0 cm³/mol. The highest BCUT2D eigenvalue weighted by Crippen LogP contribution is 1.78. The first-order valence-corrected chi connectivity index (χ1v) is 2.41. The van der Waals surface area contributed by atoms with Gasteiger partial charge in [0.25, 0.3) is 0 Å². The summed E-state index contributed by atoms with van der Waals surface area (Å²) in [6, 6.07) is 0. The van der Waals surface area contributed by atoms with Gasteiger partial charge in [0, 0.05) is 6.54 Å². The number of nitrogens with one attached hydrogen (secondary N) is 1. The zero-order valence-electron chi connectivity index (χ0n) is 4.83. The van der Waals surface area contributed by atoms with Crippen LogP contribution in [-0.4, -0.2) is 13.1 Å². The second-order valence-electron chi connectivity index (χ2n) is 1.63. The van der Waals surface area contributed by atoms with Gasteiger partial charge >= 0.3 is 0 Å². The molecule has 0 amide bonds. The van der Waals surface area contributed by atoms with Crippen molar-refractivity contribution in [3.8, 4) is 0 Å². The summed E-state index contributed by atoms with van der Waals surface area (Å²) >= 11 is 0. The average molecular weight is 98.2 g/mol. The largest absolute Gasteiger partial charge is 0.313 e. The Balaban J connectivity index is 2.82. The molecule has 1 radical (unpaired) electrons. The van der Waals surface area contributed by atoms with Crippen LogP contribution in [0, 0.1) is 6.92 Å². The molecule has 0 aliphatic carbocycles. The van der Waals surface area contributed by atoms with Crippen molar-refractivity contribution in [1.29, 1.82) is 0 Å². The Labute approximate surface area is 45.4 Å². The summed E-state index contributed by atoms with van der Waals surface area (Å²) in [6.07, 6.45) is 0. The fourth-order valence-corrected chi connectivity index (χ4v) is 0.302. The van der Waals surface area contributed by atoms with Crippen LogP contribution in [0.25, 0.3) is 0 Å². The molecule has 0 fully saturated rings. The van der Waals surface area contributed by atoms with Crippen LogP contribution in [0.3, 0.4) is 0 Å². The smallest absolute Gasteiger partial charge is 0.0159 e. The maximum Gasteiger partial charge on any atom is 0.0159 e. The Bertz CT molecular complexity index is 57.2. The standard InChI is InChI=1S/C6H12N/c1-4-7-5-6(2)3/h7H,1-2,4-5H2,3H3. The number of hydrogen-bond donors (Lipinski definition) is 1. The molecule has 0 heterocycles. The monoisotopic (exact) mass is 98.1 g/mol. The highest BCUT2D eigenvalue weighted by atomic mass is 14.8. The van der Waals surface area contributed by atoms with Crippen LogP contribution in [0.1, 0.15) is 6.92 Å². The number of hydrogen-bond acceptors (Lipinski definition) is 1. The lowest BCUT2D eigenvalue weighted by Gasteiger charge is -1.95. The quantitative estimate of drug-likeness (QED) is 0.519. The lowest BCUT2D eigenvalue weighted by molar-refractivity contribution is 0.814. The summed E-state index contributed by atoms with van der Waals surface area (Å²) < 4.78 is 0. The van der Waals surface area contributed by atoms with Crippen molar-refractivity contribution in [3.63, 3.8) is 0 Å². The minimum Gasteiger partial charge on any atom is -0.313 e. The van der Waals surface area contributed by atoms with Crippen molar-refractivity contribution in [2.24, 2.45) is 0 Å². The minimum absolute atomic E-state index is 0.785. The fraction of sp³-hybridized carbons (Fsp3) is 0.500. The van der Waals surface area contributed by atoms with Crippen LogP contribution in [0.2, 0.25) is 0 Å². The molecule has 0 aliphatic rings. The molecule has 0 rings (SSSR count). The molecule has 1 nitrogen and oxygen atoms in total. The van der Waals surface area contributed by atoms with E-state index in [0.717, 1.165) is 18.7 Å². The van der Waals surface area contributed by atoms with Gasteiger partial charge < -0.3 is 5.32 Å². The van der Waals surface area contributed by atoms with Gasteiger partial charge in [0.2, 0.25) is 0 Å². The zero-order valence-corrected chi connectivity index (χ0v) is 4.83. The van der Waals surface area contributed by atoms with Crippen LogP contribution in [0.4, 0.5) is 0 Å². The third-order valence-corrected chi connectivity index (χ3v) is 0.604. The summed E-state index contributed by atoms with van der Waals surface area (Å²) in [4.78, 5) is 0. The van der Waals surface area contributed by atoms with Crippen molar-refractivity contribution in [3.05, 3.63) is 19.1 Å². The van der Waals surface area contributed by atoms with E-state index in [0.29, 0.717) is 0 Å². The first-order chi connectivity index (χ1) is 3.27. The minimum atomic E-state index is 0.785. The lowest BCUT2D eigenvalue weighted by Crippen LogP contribution is -2.14. The summed E-state index contributed by atoms with van der Waals surface area (Å²) in [6.45, 7) is 11.0. The molecule has 0 atom stereocenters. The van der Waals surface area contributed by atoms with E-state index in [1.165, 1.54) is 0 Å². The van der Waals surface area contributed by atoms with Crippen molar-refractivity contribution in [1.82, 2.24) is 5.32 Å². The van der Waals surface area contributed by atoms with Crippen LogP contribution in [-0.2, 0) is 0 Å². The van der Waals surface area contributed by atoms with E-state index >= 15 is 0 Å². The van der Waals surface area contributed by atoms with Gasteiger partial charge in [-0.15, -0.1) is 0 Å². The van der Waals surface area contributed by atoms with E-state index in [2.05, 4.69) is 18.8 Å². The highest BCUT2D eigenvalue weighted by Gasteiger charge is 1.78. The van der Waals surface area contributed by atoms with E-state index in [-0.39, 0.29) is 0 Å². The Morgan fingerprint density at radius 2 is 2.29 bits per heavy atom. The van der Waals surface area contributed by atoms with E-state index in [1.54, 1.807) is 0 Å². The van der Waals surface area contributed by atoms with E-state index in [1.807, 2.05) is 6.92 Å². The van der Waals surface area contributed by atoms with Crippen LogP contribution >= 0.6 is 0 Å². The Hall–Kier alpha value is -0.300. The van der Waals surface area contributed by atoms with Gasteiger partial charge in [-0.3, -0.25) is 0 Å². The maximum absolute atomic E-state index is 3.70. The SMILES string of the molecule is [CH2]CNCC(=C)C. The Morgan fingerprint density at radius 1 is 1.71 bits per heavy atom. The molecular weight excluding hydrogens is 86.1 g/mol. The molecule has 0 aromatic carbocycles. The van der Waals surface area contributed by atoms with E-state index in [4.69, 9.17) is 0 Å². The molecule has 0 saturated heterocycles. The van der Waals surface area contributed by atoms with Crippen LogP contribution in [0.15, 0.2) is 12.2 Å². The lowest BCUT2D eigenvalue weighted by atomic mass is 10.3. The Morgan fingerprint density at radius 3 is 2.43 bits per heavy atom. The molecule has 0 bridgehead atoms. The summed E-state index contributed by atoms with van der Waals surface area (Å²) in [7, 11) is 0. The first kappa shape index (κ1) is 6.70. The normalized spacial score (nSPS) is 8.86. The molecule has 0 saturated carbocycles. The second-order valence-corrected chi connectivity index (χ2v) is 1.63. The molecule has 0 unspecified atom stereocenters. The molecule has 1 heteroatoms. The van der Waals surface area contributed by atoms with Gasteiger partial charge in [0.1, 0.15) is 0 Å². The predicted octanol–water partition coefficient (Wildman–Crippen LogP) is 0.986. The third-order valence-electron chi connectivity index (χ3n) is 0.604. The van der Waals surface area contributed by atoms with Gasteiger partial charge in [0.05, 0.1) is 0 Å².